The maximum Gasteiger partial charge on any atom is 0.0361 e. The van der Waals surface area contributed by atoms with Gasteiger partial charge in [0.25, 0.3) is 0 Å². The molecular formula is C120H142. The van der Waals surface area contributed by atoms with Crippen molar-refractivity contribution in [2.45, 2.75) is 346 Å². The summed E-state index contributed by atoms with van der Waals surface area (Å²) in [4.78, 5) is 0. The van der Waals surface area contributed by atoms with Gasteiger partial charge in [0.05, 0.1) is 0 Å². The molecule has 0 radical (unpaired) electrons. The second-order valence-corrected chi connectivity index (χ2v) is 38.6. The van der Waals surface area contributed by atoms with Crippen LogP contribution in [0.2, 0.25) is 0 Å². The Balaban J connectivity index is 0.773. The molecule has 622 valence electrons. The van der Waals surface area contributed by atoms with Crippen molar-refractivity contribution >= 4 is 0 Å². The summed E-state index contributed by atoms with van der Waals surface area (Å²) in [5.41, 5.74) is 44.7. The number of fused-ring (bicyclic) bond motifs is 12. The first-order valence-corrected chi connectivity index (χ1v) is 49.6. The van der Waals surface area contributed by atoms with Gasteiger partial charge in [0.1, 0.15) is 0 Å². The standard InChI is InChI=1S/C120H142/c1-9-17-25-39-71-117(72-40-26-18-10-2)105-57-37-35-49-93(105)95-65-59-85(79-107(95)117)87-61-67-97-99-69-63-89(83-111(99)119(109(97)81-87,75-43-29-21-13-5)76-44-30-22-14-6)91-53-47-55-103-113-101-51-33-34-52-102(101)116(114(91)103)115-92(54-48-56-104(113)115)90-64-70-100-98-68-62-88(82-110(98)120(112(100)84-90,77-45-31-23-15-7)78-46-32-24-16-8)86-60-66-96-94-50-36-38-58-106(94)118(108(96)80-86,73-41-27-19-11-3)74-42-28-20-12-4/h33-38,47-70,79-84,113,116H,9-32,39-46,71-78H2,1-8H3. The molecule has 0 nitrogen and oxygen atoms in total. The first-order valence-electron chi connectivity index (χ1n) is 49.6. The lowest BCUT2D eigenvalue weighted by Gasteiger charge is -2.44. The summed E-state index contributed by atoms with van der Waals surface area (Å²) in [5, 5.41) is 0. The fourth-order valence-electron chi connectivity index (χ4n) is 25.2. The molecule has 2 bridgehead atoms. The first-order chi connectivity index (χ1) is 59.2. The Bertz CT molecular complexity index is 5030. The summed E-state index contributed by atoms with van der Waals surface area (Å²) in [7, 11) is 0. The third kappa shape index (κ3) is 15.2. The number of benzene rings is 11. The Kier molecular flexibility index (Phi) is 26.2. The molecule has 7 aliphatic carbocycles. The van der Waals surface area contributed by atoms with E-state index in [1.807, 2.05) is 0 Å². The molecule has 0 atom stereocenters. The molecule has 0 aromatic heterocycles. The third-order valence-corrected chi connectivity index (χ3v) is 31.3. The summed E-state index contributed by atoms with van der Waals surface area (Å²) < 4.78 is 0. The maximum absolute atomic E-state index is 2.79. The summed E-state index contributed by atoms with van der Waals surface area (Å²) in [6.45, 7) is 19.0. The number of unbranched alkanes of at least 4 members (excludes halogenated alkanes) is 24. The van der Waals surface area contributed by atoms with Crippen LogP contribution in [-0.4, -0.2) is 0 Å². The average molecular weight is 1580 g/mol. The van der Waals surface area contributed by atoms with Gasteiger partial charge in [0, 0.05) is 33.5 Å². The average Bonchev–Trinajstić information content (AvgIpc) is 0.941. The second kappa shape index (κ2) is 37.6. The molecule has 0 amide bonds. The molecule has 11 aromatic carbocycles. The lowest BCUT2D eigenvalue weighted by molar-refractivity contribution is 0.401. The largest absolute Gasteiger partial charge is 0.0654 e. The molecule has 0 heterocycles. The topological polar surface area (TPSA) is 0 Å². The van der Waals surface area contributed by atoms with E-state index in [-0.39, 0.29) is 33.5 Å². The zero-order chi connectivity index (χ0) is 82.2. The quantitative estimate of drug-likeness (QED) is 0.0334. The molecule has 0 spiro atoms. The van der Waals surface area contributed by atoms with E-state index >= 15 is 0 Å². The van der Waals surface area contributed by atoms with Gasteiger partial charge in [-0.1, -0.05) is 443 Å². The third-order valence-electron chi connectivity index (χ3n) is 31.3. The Morgan fingerprint density at radius 3 is 0.650 bits per heavy atom. The smallest absolute Gasteiger partial charge is 0.0361 e. The minimum atomic E-state index is -0.105. The van der Waals surface area contributed by atoms with Crippen molar-refractivity contribution in [1.29, 1.82) is 0 Å². The van der Waals surface area contributed by atoms with Crippen LogP contribution in [0, 0.1) is 0 Å². The van der Waals surface area contributed by atoms with Crippen molar-refractivity contribution in [2.24, 2.45) is 0 Å². The summed E-state index contributed by atoms with van der Waals surface area (Å²) in [6.07, 6.45) is 50.6. The van der Waals surface area contributed by atoms with Crippen LogP contribution < -0.4 is 0 Å². The van der Waals surface area contributed by atoms with Crippen LogP contribution in [0.3, 0.4) is 0 Å². The molecule has 0 saturated heterocycles. The van der Waals surface area contributed by atoms with Gasteiger partial charge in [-0.15, -0.1) is 0 Å². The zero-order valence-corrected chi connectivity index (χ0v) is 75.2. The predicted octanol–water partition coefficient (Wildman–Crippen LogP) is 36.2. The van der Waals surface area contributed by atoms with E-state index in [2.05, 4.69) is 274 Å². The van der Waals surface area contributed by atoms with Crippen LogP contribution in [0.25, 0.3) is 89.0 Å². The fourth-order valence-corrected chi connectivity index (χ4v) is 25.2. The minimum Gasteiger partial charge on any atom is -0.0654 e. The highest BCUT2D eigenvalue weighted by Crippen LogP contribution is 2.65. The van der Waals surface area contributed by atoms with Crippen molar-refractivity contribution in [2.75, 3.05) is 0 Å². The molecule has 18 rings (SSSR count). The highest BCUT2D eigenvalue weighted by Gasteiger charge is 2.50. The van der Waals surface area contributed by atoms with Crippen LogP contribution >= 0.6 is 0 Å². The highest BCUT2D eigenvalue weighted by atomic mass is 14.5. The van der Waals surface area contributed by atoms with Crippen LogP contribution in [0.1, 0.15) is 402 Å². The van der Waals surface area contributed by atoms with Crippen LogP contribution in [0.15, 0.2) is 218 Å². The van der Waals surface area contributed by atoms with E-state index in [9.17, 15) is 0 Å². The Morgan fingerprint density at radius 2 is 0.375 bits per heavy atom. The molecule has 0 N–H and O–H groups in total. The van der Waals surface area contributed by atoms with E-state index in [1.54, 1.807) is 44.5 Å². The summed E-state index contributed by atoms with van der Waals surface area (Å²) in [5.74, 6) is 0.211. The molecule has 0 heteroatoms. The van der Waals surface area contributed by atoms with E-state index in [1.165, 1.54) is 379 Å². The Labute approximate surface area is 726 Å². The first kappa shape index (κ1) is 83.7. The van der Waals surface area contributed by atoms with Gasteiger partial charge in [-0.3, -0.25) is 0 Å². The van der Waals surface area contributed by atoms with Crippen molar-refractivity contribution in [3.05, 3.63) is 296 Å². The molecule has 0 unspecified atom stereocenters. The fraction of sp³-hybridized carbons (Fsp3) is 0.450. The summed E-state index contributed by atoms with van der Waals surface area (Å²) >= 11 is 0. The summed E-state index contributed by atoms with van der Waals surface area (Å²) in [6, 6.07) is 91.2. The Hall–Kier alpha value is -8.58. The van der Waals surface area contributed by atoms with Crippen molar-refractivity contribution < 1.29 is 0 Å². The normalized spacial score (nSPS) is 16.1. The molecule has 7 aliphatic rings. The minimum absolute atomic E-state index is 0.0414. The van der Waals surface area contributed by atoms with Crippen LogP contribution in [0.5, 0.6) is 0 Å². The van der Waals surface area contributed by atoms with E-state index < -0.39 is 0 Å². The molecule has 120 heavy (non-hydrogen) atoms. The van der Waals surface area contributed by atoms with E-state index in [4.69, 9.17) is 0 Å². The van der Waals surface area contributed by atoms with Gasteiger partial charge in [-0.05, 0) is 255 Å². The number of rotatable bonds is 44. The number of hydrogen-bond donors (Lipinski definition) is 0. The lowest BCUT2D eigenvalue weighted by Crippen LogP contribution is -2.29. The van der Waals surface area contributed by atoms with Gasteiger partial charge in [-0.2, -0.15) is 0 Å². The van der Waals surface area contributed by atoms with Gasteiger partial charge < -0.3 is 0 Å². The number of hydrogen-bond acceptors (Lipinski definition) is 0. The zero-order valence-electron chi connectivity index (χ0n) is 75.2. The molecular weight excluding hydrogens is 1440 g/mol. The van der Waals surface area contributed by atoms with Crippen molar-refractivity contribution in [3.63, 3.8) is 0 Å². The van der Waals surface area contributed by atoms with E-state index in [0.717, 1.165) is 0 Å². The van der Waals surface area contributed by atoms with Gasteiger partial charge in [0.2, 0.25) is 0 Å². The molecule has 0 saturated carbocycles. The molecule has 11 aromatic rings. The molecule has 0 fully saturated rings. The van der Waals surface area contributed by atoms with Gasteiger partial charge >= 0.3 is 0 Å². The maximum atomic E-state index is 2.79. The van der Waals surface area contributed by atoms with Gasteiger partial charge in [0.15, 0.2) is 0 Å². The van der Waals surface area contributed by atoms with Gasteiger partial charge in [-0.25, -0.2) is 0 Å². The van der Waals surface area contributed by atoms with E-state index in [0.29, 0.717) is 0 Å². The SMILES string of the molecule is CCCCCCC1(CCCCCC)c2ccccc2-c2ccc(-c3ccc4c(c3)C(CCCCCC)(CCCCCC)c3cc(-c5cccc6c5C5c7ccccc7C6c6cccc(-c7ccc8c(c7)C(CCCCCC)(CCCCCC)c7cc(-c9ccc%10c(c9)C(CCCCCC)(CCCCCC)c9ccccc9-%10)ccc7-8)c65)ccc3-4)cc21. The Morgan fingerprint density at radius 1 is 0.167 bits per heavy atom. The molecule has 0 aliphatic heterocycles. The predicted molar refractivity (Wildman–Crippen MR) is 518 cm³/mol. The van der Waals surface area contributed by atoms with Crippen molar-refractivity contribution in [1.82, 2.24) is 0 Å². The highest BCUT2D eigenvalue weighted by molar-refractivity contribution is 5.93. The van der Waals surface area contributed by atoms with Crippen LogP contribution in [-0.2, 0) is 21.7 Å². The van der Waals surface area contributed by atoms with Crippen LogP contribution in [0.4, 0.5) is 0 Å². The second-order valence-electron chi connectivity index (χ2n) is 38.6. The lowest BCUT2D eigenvalue weighted by atomic mass is 9.58. The monoisotopic (exact) mass is 1580 g/mol. The van der Waals surface area contributed by atoms with Crippen molar-refractivity contribution in [3.8, 4) is 89.0 Å².